The predicted molar refractivity (Wildman–Crippen MR) is 80.7 cm³/mol. The van der Waals surface area contributed by atoms with Crippen LogP contribution < -0.4 is 4.74 Å². The van der Waals surface area contributed by atoms with Gasteiger partial charge in [-0.15, -0.1) is 0 Å². The molecule has 5 nitrogen and oxygen atoms in total. The summed E-state index contributed by atoms with van der Waals surface area (Å²) in [7, 11) is 0. The number of hydrogen-bond acceptors (Lipinski definition) is 4. The number of amides is 1. The van der Waals surface area contributed by atoms with Crippen molar-refractivity contribution < 1.29 is 14.3 Å². The lowest BCUT2D eigenvalue weighted by Crippen LogP contribution is -2.42. The summed E-state index contributed by atoms with van der Waals surface area (Å²) >= 11 is 6.00. The SMILES string of the molecule is CC(C)(C)OC(=O)N1CCC[C@@H]1COc1ncccc1Cl. The number of carbonyl (C=O) groups excluding carboxylic acids is 1. The number of pyridine rings is 1. The summed E-state index contributed by atoms with van der Waals surface area (Å²) in [6, 6.07) is 3.47. The van der Waals surface area contributed by atoms with Crippen molar-refractivity contribution >= 4 is 17.7 Å². The monoisotopic (exact) mass is 312 g/mol. The fraction of sp³-hybridized carbons (Fsp3) is 0.600. The molecule has 0 spiro atoms. The van der Waals surface area contributed by atoms with Crippen molar-refractivity contribution in [1.82, 2.24) is 9.88 Å². The van der Waals surface area contributed by atoms with Crippen LogP contribution in [0, 0.1) is 0 Å². The zero-order valence-electron chi connectivity index (χ0n) is 12.6. The first-order valence-corrected chi connectivity index (χ1v) is 7.47. The van der Waals surface area contributed by atoms with E-state index in [1.54, 1.807) is 23.2 Å². The van der Waals surface area contributed by atoms with Crippen molar-refractivity contribution in [3.63, 3.8) is 0 Å². The maximum Gasteiger partial charge on any atom is 0.410 e. The van der Waals surface area contributed by atoms with Gasteiger partial charge in [-0.05, 0) is 45.7 Å². The van der Waals surface area contributed by atoms with Gasteiger partial charge in [0.25, 0.3) is 0 Å². The standard InChI is InChI=1S/C15H21ClN2O3/c1-15(2,3)21-14(19)18-9-5-6-11(18)10-20-13-12(16)7-4-8-17-13/h4,7-8,11H,5-6,9-10H2,1-3H3/t11-/m1/s1. The summed E-state index contributed by atoms with van der Waals surface area (Å²) in [6.07, 6.45) is 3.18. The second kappa shape index (κ2) is 6.52. The highest BCUT2D eigenvalue weighted by Gasteiger charge is 2.32. The van der Waals surface area contributed by atoms with Gasteiger partial charge >= 0.3 is 6.09 Å². The minimum Gasteiger partial charge on any atom is -0.474 e. The van der Waals surface area contributed by atoms with Gasteiger partial charge in [0.1, 0.15) is 17.2 Å². The number of aromatic nitrogens is 1. The smallest absolute Gasteiger partial charge is 0.410 e. The molecule has 6 heteroatoms. The minimum atomic E-state index is -0.491. The van der Waals surface area contributed by atoms with Crippen LogP contribution in [0.4, 0.5) is 4.79 Å². The summed E-state index contributed by atoms with van der Waals surface area (Å²) in [5.41, 5.74) is -0.491. The van der Waals surface area contributed by atoms with Gasteiger partial charge in [0.15, 0.2) is 0 Å². The van der Waals surface area contributed by atoms with Crippen molar-refractivity contribution in [3.8, 4) is 5.88 Å². The summed E-state index contributed by atoms with van der Waals surface area (Å²) in [6.45, 7) is 6.65. The molecule has 0 bridgehead atoms. The lowest BCUT2D eigenvalue weighted by Gasteiger charge is -2.28. The molecule has 0 aromatic carbocycles. The molecule has 0 aliphatic carbocycles. The second-order valence-electron chi connectivity index (χ2n) is 6.07. The van der Waals surface area contributed by atoms with Gasteiger partial charge in [-0.2, -0.15) is 0 Å². The molecular weight excluding hydrogens is 292 g/mol. The van der Waals surface area contributed by atoms with Gasteiger partial charge < -0.3 is 14.4 Å². The summed E-state index contributed by atoms with van der Waals surface area (Å²) < 4.78 is 11.1. The fourth-order valence-corrected chi connectivity index (χ4v) is 2.40. The van der Waals surface area contributed by atoms with E-state index >= 15 is 0 Å². The molecule has 0 N–H and O–H groups in total. The minimum absolute atomic E-state index is 0.00192. The lowest BCUT2D eigenvalue weighted by molar-refractivity contribution is 0.0186. The Morgan fingerprint density at radius 3 is 2.95 bits per heavy atom. The van der Waals surface area contributed by atoms with Crippen molar-refractivity contribution in [2.75, 3.05) is 13.2 Å². The molecule has 1 amide bonds. The van der Waals surface area contributed by atoms with Crippen LogP contribution in [-0.4, -0.2) is 40.8 Å². The topological polar surface area (TPSA) is 51.7 Å². The van der Waals surface area contributed by atoms with Crippen molar-refractivity contribution in [3.05, 3.63) is 23.4 Å². The Labute approximate surface area is 130 Å². The number of nitrogens with zero attached hydrogens (tertiary/aromatic N) is 2. The number of rotatable bonds is 3. The van der Waals surface area contributed by atoms with Crippen molar-refractivity contribution in [1.29, 1.82) is 0 Å². The van der Waals surface area contributed by atoms with E-state index in [4.69, 9.17) is 21.1 Å². The Balaban J connectivity index is 1.93. The van der Waals surface area contributed by atoms with Crippen LogP contribution >= 0.6 is 11.6 Å². The number of likely N-dealkylation sites (tertiary alicyclic amines) is 1. The highest BCUT2D eigenvalue weighted by atomic mass is 35.5. The molecule has 1 aromatic rings. The Kier molecular flexibility index (Phi) is 4.93. The maximum absolute atomic E-state index is 12.2. The van der Waals surface area contributed by atoms with Gasteiger partial charge in [-0.25, -0.2) is 9.78 Å². The molecule has 1 fully saturated rings. The Morgan fingerprint density at radius 1 is 1.52 bits per heavy atom. The Hall–Kier alpha value is -1.49. The predicted octanol–water partition coefficient (Wildman–Crippen LogP) is 3.51. The van der Waals surface area contributed by atoms with Crippen molar-refractivity contribution in [2.45, 2.75) is 45.3 Å². The van der Waals surface area contributed by atoms with Crippen LogP contribution in [-0.2, 0) is 4.74 Å². The van der Waals surface area contributed by atoms with Crippen LogP contribution in [0.3, 0.4) is 0 Å². The molecule has 1 saturated heterocycles. The summed E-state index contributed by atoms with van der Waals surface area (Å²) in [5.74, 6) is 0.398. The molecule has 0 saturated carbocycles. The molecule has 2 heterocycles. The second-order valence-corrected chi connectivity index (χ2v) is 6.48. The van der Waals surface area contributed by atoms with Gasteiger partial charge in [0.2, 0.25) is 5.88 Å². The quantitative estimate of drug-likeness (QED) is 0.857. The third-order valence-electron chi connectivity index (χ3n) is 3.14. The van der Waals surface area contributed by atoms with Crippen LogP contribution in [0.2, 0.25) is 5.02 Å². The fourth-order valence-electron chi connectivity index (χ4n) is 2.22. The van der Waals surface area contributed by atoms with Gasteiger partial charge in [-0.3, -0.25) is 0 Å². The lowest BCUT2D eigenvalue weighted by atomic mass is 10.2. The Bertz CT molecular complexity index is 502. The third kappa shape index (κ3) is 4.49. The summed E-state index contributed by atoms with van der Waals surface area (Å²) in [5, 5.41) is 0.472. The number of halogens is 1. The van der Waals surface area contributed by atoms with Crippen LogP contribution in [0.25, 0.3) is 0 Å². The molecule has 21 heavy (non-hydrogen) atoms. The van der Waals surface area contributed by atoms with E-state index in [1.807, 2.05) is 20.8 Å². The highest BCUT2D eigenvalue weighted by molar-refractivity contribution is 6.31. The first kappa shape index (κ1) is 15.9. The van der Waals surface area contributed by atoms with E-state index in [2.05, 4.69) is 4.98 Å². The maximum atomic E-state index is 12.2. The average molecular weight is 313 g/mol. The van der Waals surface area contributed by atoms with Gasteiger partial charge in [0.05, 0.1) is 6.04 Å². The molecule has 116 valence electrons. The number of hydrogen-bond donors (Lipinski definition) is 0. The molecule has 1 aliphatic heterocycles. The molecular formula is C15H21ClN2O3. The third-order valence-corrected chi connectivity index (χ3v) is 3.43. The zero-order chi connectivity index (χ0) is 15.5. The number of ether oxygens (including phenoxy) is 2. The van der Waals surface area contributed by atoms with E-state index in [0.29, 0.717) is 24.1 Å². The summed E-state index contributed by atoms with van der Waals surface area (Å²) in [4.78, 5) is 18.0. The van der Waals surface area contributed by atoms with Crippen molar-refractivity contribution in [2.24, 2.45) is 0 Å². The van der Waals surface area contributed by atoms with E-state index in [0.717, 1.165) is 12.8 Å². The van der Waals surface area contributed by atoms with E-state index in [1.165, 1.54) is 0 Å². The van der Waals surface area contributed by atoms with Gasteiger partial charge in [0, 0.05) is 12.7 Å². The Morgan fingerprint density at radius 2 is 2.29 bits per heavy atom. The number of carbonyl (C=O) groups is 1. The molecule has 1 aliphatic rings. The molecule has 1 atom stereocenters. The van der Waals surface area contributed by atoms with E-state index in [9.17, 15) is 4.79 Å². The first-order valence-electron chi connectivity index (χ1n) is 7.10. The molecule has 0 unspecified atom stereocenters. The normalized spacial score (nSPS) is 18.7. The van der Waals surface area contributed by atoms with Crippen LogP contribution in [0.15, 0.2) is 18.3 Å². The van der Waals surface area contributed by atoms with Crippen LogP contribution in [0.1, 0.15) is 33.6 Å². The van der Waals surface area contributed by atoms with E-state index in [-0.39, 0.29) is 12.1 Å². The average Bonchev–Trinajstić information content (AvgIpc) is 2.84. The molecule has 1 aromatic heterocycles. The van der Waals surface area contributed by atoms with E-state index < -0.39 is 5.60 Å². The largest absolute Gasteiger partial charge is 0.474 e. The highest BCUT2D eigenvalue weighted by Crippen LogP contribution is 2.24. The van der Waals surface area contributed by atoms with Gasteiger partial charge in [-0.1, -0.05) is 11.6 Å². The molecule has 0 radical (unpaired) electrons. The van der Waals surface area contributed by atoms with Crippen LogP contribution in [0.5, 0.6) is 5.88 Å². The molecule has 2 rings (SSSR count). The zero-order valence-corrected chi connectivity index (χ0v) is 13.4. The first-order chi connectivity index (χ1) is 9.87.